The number of hydrogen-bond acceptors (Lipinski definition) is 6. The second-order valence-corrected chi connectivity index (χ2v) is 12.5. The predicted octanol–water partition coefficient (Wildman–Crippen LogP) is 5.31. The summed E-state index contributed by atoms with van der Waals surface area (Å²) in [6.07, 6.45) is 12.9. The molecule has 0 aromatic heterocycles. The molecule has 1 aliphatic heterocycles. The lowest BCUT2D eigenvalue weighted by Gasteiger charge is -2.52. The summed E-state index contributed by atoms with van der Waals surface area (Å²) in [6.45, 7) is 7.91. The highest BCUT2D eigenvalue weighted by atomic mass is 16.7. The van der Waals surface area contributed by atoms with Crippen molar-refractivity contribution in [2.45, 2.75) is 76.4 Å². The molecule has 2 fully saturated rings. The van der Waals surface area contributed by atoms with Crippen LogP contribution in [0.2, 0.25) is 0 Å². The highest BCUT2D eigenvalue weighted by molar-refractivity contribution is 6.37. The van der Waals surface area contributed by atoms with Crippen molar-refractivity contribution in [1.29, 1.82) is 0 Å². The number of methoxy groups -OCH3 is 1. The molecule has 6 heteroatoms. The van der Waals surface area contributed by atoms with Gasteiger partial charge in [0.15, 0.2) is 17.1 Å². The summed E-state index contributed by atoms with van der Waals surface area (Å²) in [5.74, 6) is 0.0668. The van der Waals surface area contributed by atoms with E-state index < -0.39 is 22.6 Å². The van der Waals surface area contributed by atoms with E-state index >= 15 is 0 Å². The van der Waals surface area contributed by atoms with Crippen molar-refractivity contribution in [3.63, 3.8) is 0 Å². The minimum absolute atomic E-state index is 0.122. The fraction of sp³-hybridized carbons (Fsp3) is 0.567. The summed E-state index contributed by atoms with van der Waals surface area (Å²) in [4.78, 5) is 33.0. The Labute approximate surface area is 212 Å². The van der Waals surface area contributed by atoms with Crippen LogP contribution in [0.1, 0.15) is 65.4 Å². The minimum atomic E-state index is -0.845. The number of ketones is 1. The average Bonchev–Trinajstić information content (AvgIpc) is 3.45. The van der Waals surface area contributed by atoms with Gasteiger partial charge in [-0.3, -0.25) is 4.79 Å². The van der Waals surface area contributed by atoms with Crippen molar-refractivity contribution < 1.29 is 23.9 Å². The van der Waals surface area contributed by atoms with Crippen molar-refractivity contribution in [3.05, 3.63) is 54.1 Å². The molecule has 0 N–H and O–H groups in total. The maximum Gasteiger partial charge on any atom is 0.356 e. The average molecular weight is 490 g/mol. The van der Waals surface area contributed by atoms with E-state index in [1.807, 2.05) is 39.0 Å². The smallest absolute Gasteiger partial charge is 0.356 e. The topological polar surface area (TPSA) is 74.2 Å². The Morgan fingerprint density at radius 3 is 2.50 bits per heavy atom. The Morgan fingerprint density at radius 1 is 1.08 bits per heavy atom. The van der Waals surface area contributed by atoms with E-state index in [-0.39, 0.29) is 28.4 Å². The first-order valence-electron chi connectivity index (χ1n) is 13.1. The van der Waals surface area contributed by atoms with Crippen molar-refractivity contribution in [2.24, 2.45) is 27.8 Å². The van der Waals surface area contributed by atoms with Crippen LogP contribution in [-0.2, 0) is 24.6 Å². The van der Waals surface area contributed by atoms with Crippen LogP contribution >= 0.6 is 0 Å². The molecule has 1 aromatic rings. The molecule has 4 aliphatic carbocycles. The normalized spacial score (nSPS) is 40.0. The van der Waals surface area contributed by atoms with Crippen molar-refractivity contribution >= 4 is 17.5 Å². The number of carbonyl (C=O) groups is 2. The molecule has 0 unspecified atom stereocenters. The van der Waals surface area contributed by atoms with E-state index in [0.29, 0.717) is 12.1 Å². The molecule has 2 saturated carbocycles. The number of benzene rings is 1. The lowest BCUT2D eigenvalue weighted by atomic mass is 9.52. The Morgan fingerprint density at radius 2 is 1.81 bits per heavy atom. The number of rotatable bonds is 3. The maximum absolute atomic E-state index is 13.9. The fourth-order valence-electron chi connectivity index (χ4n) is 8.50. The molecule has 2 bridgehead atoms. The molecule has 0 radical (unpaired) electrons. The SMILES string of the molecule is COc1ccc([C@@]23C=C[C@]4(CCCC[C@]42C)[C@H]2[C@@H]3C(=O)C=C[C@]23CC(C(=O)OC(C)(C)C)=NO3)cc1. The maximum atomic E-state index is 13.9. The third-order valence-electron chi connectivity index (χ3n) is 9.81. The molecule has 0 saturated heterocycles. The monoisotopic (exact) mass is 489 g/mol. The second kappa shape index (κ2) is 7.33. The second-order valence-electron chi connectivity index (χ2n) is 12.5. The van der Waals surface area contributed by atoms with Gasteiger partial charge in [0.05, 0.1) is 7.11 Å². The molecule has 0 amide bonds. The third kappa shape index (κ3) is 2.76. The van der Waals surface area contributed by atoms with E-state index in [1.54, 1.807) is 13.2 Å². The van der Waals surface area contributed by atoms with Crippen LogP contribution < -0.4 is 4.74 Å². The van der Waals surface area contributed by atoms with E-state index in [1.165, 1.54) is 0 Å². The molecule has 1 aromatic carbocycles. The predicted molar refractivity (Wildman–Crippen MR) is 136 cm³/mol. The molecule has 190 valence electrons. The van der Waals surface area contributed by atoms with Crippen LogP contribution in [0.15, 0.2) is 53.7 Å². The van der Waals surface area contributed by atoms with E-state index in [0.717, 1.165) is 37.0 Å². The molecule has 6 nitrogen and oxygen atoms in total. The first kappa shape index (κ1) is 23.5. The van der Waals surface area contributed by atoms with Crippen LogP contribution in [0.5, 0.6) is 5.75 Å². The molecular weight excluding hydrogens is 454 g/mol. The Kier molecular flexibility index (Phi) is 4.79. The van der Waals surface area contributed by atoms with E-state index in [2.05, 4.69) is 36.4 Å². The van der Waals surface area contributed by atoms with Crippen molar-refractivity contribution in [1.82, 2.24) is 0 Å². The minimum Gasteiger partial charge on any atom is -0.497 e. The van der Waals surface area contributed by atoms with Crippen LogP contribution in [0.4, 0.5) is 0 Å². The zero-order valence-electron chi connectivity index (χ0n) is 21.8. The number of carbonyl (C=O) groups excluding carboxylic acids is 2. The zero-order valence-corrected chi connectivity index (χ0v) is 21.8. The van der Waals surface area contributed by atoms with Gasteiger partial charge in [0.25, 0.3) is 0 Å². The van der Waals surface area contributed by atoms with Gasteiger partial charge in [0, 0.05) is 29.1 Å². The van der Waals surface area contributed by atoms with Gasteiger partial charge >= 0.3 is 5.97 Å². The van der Waals surface area contributed by atoms with Crippen LogP contribution in [0.3, 0.4) is 0 Å². The third-order valence-corrected chi connectivity index (χ3v) is 9.81. The lowest BCUT2D eigenvalue weighted by Crippen LogP contribution is -2.54. The number of allylic oxidation sites excluding steroid dienone is 3. The Hall–Kier alpha value is -2.89. The number of fused-ring (bicyclic) bond motifs is 3. The zero-order chi connectivity index (χ0) is 25.6. The number of hydrogen-bond donors (Lipinski definition) is 0. The van der Waals surface area contributed by atoms with Gasteiger partial charge in [-0.15, -0.1) is 0 Å². The fourth-order valence-corrected chi connectivity index (χ4v) is 8.50. The number of nitrogens with zero attached hydrogens (tertiary/aromatic N) is 1. The summed E-state index contributed by atoms with van der Waals surface area (Å²) < 4.78 is 11.1. The van der Waals surface area contributed by atoms with Gasteiger partial charge in [0.1, 0.15) is 11.4 Å². The Balaban J connectivity index is 1.48. The van der Waals surface area contributed by atoms with Crippen molar-refractivity contribution in [2.75, 3.05) is 7.11 Å². The number of oxime groups is 1. The lowest BCUT2D eigenvalue weighted by molar-refractivity contribution is -0.146. The molecule has 5 aliphatic rings. The quantitative estimate of drug-likeness (QED) is 0.425. The number of esters is 1. The van der Waals surface area contributed by atoms with E-state index in [4.69, 9.17) is 14.3 Å². The summed E-state index contributed by atoms with van der Waals surface area (Å²) in [7, 11) is 1.67. The van der Waals surface area contributed by atoms with Gasteiger partial charge in [-0.05, 0) is 68.9 Å². The van der Waals surface area contributed by atoms with Gasteiger partial charge in [-0.1, -0.05) is 49.2 Å². The molecule has 1 heterocycles. The molecule has 1 spiro atoms. The standard InChI is InChI=1S/C30H35NO5/c1-26(2,3)35-25(33)21-18-29(36-31-21)15-12-22(32)23-24(29)28-14-7-6-13-27(28,4)30(23,17-16-28)19-8-10-20(34-5)11-9-19/h8-12,15-17,23-24H,6-7,13-14,18H2,1-5H3/t23-,24+,27+,28+,29-,30+/m0/s1. The van der Waals surface area contributed by atoms with Crippen LogP contribution in [-0.4, -0.2) is 35.8 Å². The van der Waals surface area contributed by atoms with Crippen LogP contribution in [0, 0.1) is 22.7 Å². The van der Waals surface area contributed by atoms with Gasteiger partial charge in [-0.25, -0.2) is 4.79 Å². The summed E-state index contributed by atoms with van der Waals surface area (Å²) in [6, 6.07) is 8.23. The molecule has 6 atom stereocenters. The number of ether oxygens (including phenoxy) is 2. The first-order valence-corrected chi connectivity index (χ1v) is 13.1. The highest BCUT2D eigenvalue weighted by Gasteiger charge is 2.81. The largest absolute Gasteiger partial charge is 0.497 e. The molecular formula is C30H35NO5. The highest BCUT2D eigenvalue weighted by Crippen LogP contribution is 2.81. The van der Waals surface area contributed by atoms with Crippen molar-refractivity contribution in [3.8, 4) is 5.75 Å². The molecule has 36 heavy (non-hydrogen) atoms. The van der Waals surface area contributed by atoms with E-state index in [9.17, 15) is 9.59 Å². The first-order chi connectivity index (χ1) is 17.0. The van der Waals surface area contributed by atoms with Gasteiger partial charge < -0.3 is 14.3 Å². The Bertz CT molecular complexity index is 1220. The summed E-state index contributed by atoms with van der Waals surface area (Å²) in [5.41, 5.74) is -0.876. The van der Waals surface area contributed by atoms with Crippen LogP contribution in [0.25, 0.3) is 0 Å². The summed E-state index contributed by atoms with van der Waals surface area (Å²) >= 11 is 0. The summed E-state index contributed by atoms with van der Waals surface area (Å²) in [5, 5.41) is 4.28. The molecule has 6 rings (SSSR count). The van der Waals surface area contributed by atoms with Gasteiger partial charge in [0.2, 0.25) is 0 Å². The van der Waals surface area contributed by atoms with Gasteiger partial charge in [-0.2, -0.15) is 0 Å².